The van der Waals surface area contributed by atoms with E-state index in [1.807, 2.05) is 0 Å². The third-order valence-corrected chi connectivity index (χ3v) is 2.23. The Morgan fingerprint density at radius 2 is 1.80 bits per heavy atom. The predicted octanol–water partition coefficient (Wildman–Crippen LogP) is -0.0123. The van der Waals surface area contributed by atoms with Gasteiger partial charge in [0.25, 0.3) is 0 Å². The van der Waals surface area contributed by atoms with Gasteiger partial charge in [-0.05, 0) is 0 Å². The Morgan fingerprint density at radius 3 is 2.07 bits per heavy atom. The highest BCUT2D eigenvalue weighted by atomic mass is 16.7. The zero-order chi connectivity index (χ0) is 12.1. The van der Waals surface area contributed by atoms with Crippen molar-refractivity contribution in [2.75, 3.05) is 6.61 Å². The number of Topliss-reactive ketones (excluding diaryl/α,β-unsaturated/α-hetero) is 1. The van der Waals surface area contributed by atoms with Gasteiger partial charge in [-0.3, -0.25) is 25.0 Å². The number of nitro groups is 2. The SMILES string of the molecule is CCC(CCC(=O)CO)([N+](=O)[O-])[N+](=O)[O-]. The van der Waals surface area contributed by atoms with E-state index in [1.165, 1.54) is 6.92 Å². The summed E-state index contributed by atoms with van der Waals surface area (Å²) >= 11 is 0. The van der Waals surface area contributed by atoms with Gasteiger partial charge in [-0.15, -0.1) is 0 Å². The summed E-state index contributed by atoms with van der Waals surface area (Å²) in [5.74, 6) is -0.642. The summed E-state index contributed by atoms with van der Waals surface area (Å²) in [7, 11) is 0. The highest BCUT2D eigenvalue weighted by Gasteiger charge is 2.53. The minimum atomic E-state index is -2.31. The monoisotopic (exact) mass is 220 g/mol. The van der Waals surface area contributed by atoms with Crippen molar-refractivity contribution in [1.82, 2.24) is 0 Å². The normalized spacial score (nSPS) is 11.1. The van der Waals surface area contributed by atoms with E-state index in [2.05, 4.69) is 0 Å². The van der Waals surface area contributed by atoms with Gasteiger partial charge in [0.1, 0.15) is 6.61 Å². The number of carbonyl (C=O) groups is 1. The highest BCUT2D eigenvalue weighted by Crippen LogP contribution is 2.22. The van der Waals surface area contributed by atoms with Gasteiger partial charge >= 0.3 is 5.66 Å². The second-order valence-electron chi connectivity index (χ2n) is 3.05. The Morgan fingerprint density at radius 1 is 1.33 bits per heavy atom. The van der Waals surface area contributed by atoms with Crippen molar-refractivity contribution in [1.29, 1.82) is 0 Å². The fourth-order valence-electron chi connectivity index (χ4n) is 1.10. The Hall–Kier alpha value is -1.57. The van der Waals surface area contributed by atoms with E-state index in [9.17, 15) is 25.0 Å². The van der Waals surface area contributed by atoms with Gasteiger partial charge < -0.3 is 5.11 Å². The maximum atomic E-state index is 10.7. The minimum absolute atomic E-state index is 0.300. The molecule has 0 aliphatic rings. The zero-order valence-electron chi connectivity index (χ0n) is 8.21. The molecular formula is C7H12N2O6. The van der Waals surface area contributed by atoms with Crippen molar-refractivity contribution in [2.45, 2.75) is 31.8 Å². The maximum Gasteiger partial charge on any atom is 0.458 e. The molecule has 0 aromatic rings. The van der Waals surface area contributed by atoms with Gasteiger partial charge in [0.05, 0.1) is 22.7 Å². The average Bonchev–Trinajstić information content (AvgIpc) is 2.18. The molecule has 8 heteroatoms. The molecule has 0 fully saturated rings. The molecule has 0 aliphatic heterocycles. The van der Waals surface area contributed by atoms with Crippen molar-refractivity contribution in [3.8, 4) is 0 Å². The summed E-state index contributed by atoms with van der Waals surface area (Å²) in [5, 5.41) is 29.6. The molecule has 0 aromatic carbocycles. The fraction of sp³-hybridized carbons (Fsp3) is 0.857. The Balaban J connectivity index is 4.72. The molecule has 0 amide bonds. The van der Waals surface area contributed by atoms with Crippen LogP contribution < -0.4 is 0 Å². The first-order chi connectivity index (χ1) is 6.90. The Labute approximate surface area is 85.2 Å². The molecule has 1 N–H and O–H groups in total. The van der Waals surface area contributed by atoms with E-state index in [0.717, 1.165) is 0 Å². The maximum absolute atomic E-state index is 10.7. The van der Waals surface area contributed by atoms with Crippen molar-refractivity contribution >= 4 is 5.78 Å². The average molecular weight is 220 g/mol. The zero-order valence-corrected chi connectivity index (χ0v) is 8.21. The van der Waals surface area contributed by atoms with Crippen LogP contribution in [0.2, 0.25) is 0 Å². The van der Waals surface area contributed by atoms with E-state index in [4.69, 9.17) is 5.11 Å². The van der Waals surface area contributed by atoms with E-state index in [-0.39, 0.29) is 12.8 Å². The topological polar surface area (TPSA) is 124 Å². The molecule has 0 rings (SSSR count). The van der Waals surface area contributed by atoms with Crippen LogP contribution in [-0.2, 0) is 4.79 Å². The second kappa shape index (κ2) is 5.35. The molecular weight excluding hydrogens is 208 g/mol. The van der Waals surface area contributed by atoms with Crippen LogP contribution in [0.1, 0.15) is 26.2 Å². The number of hydrogen-bond donors (Lipinski definition) is 1. The number of nitrogens with zero attached hydrogens (tertiary/aromatic N) is 2. The van der Waals surface area contributed by atoms with Crippen molar-refractivity contribution in [3.63, 3.8) is 0 Å². The van der Waals surface area contributed by atoms with Crippen LogP contribution in [0.15, 0.2) is 0 Å². The first-order valence-electron chi connectivity index (χ1n) is 4.32. The van der Waals surface area contributed by atoms with Gasteiger partial charge in [-0.2, -0.15) is 0 Å². The highest BCUT2D eigenvalue weighted by molar-refractivity contribution is 5.79. The first kappa shape index (κ1) is 13.4. The van der Waals surface area contributed by atoms with E-state index in [1.54, 1.807) is 0 Å². The van der Waals surface area contributed by atoms with Crippen molar-refractivity contribution in [3.05, 3.63) is 20.2 Å². The van der Waals surface area contributed by atoms with E-state index in [0.29, 0.717) is 0 Å². The summed E-state index contributed by atoms with van der Waals surface area (Å²) in [6.07, 6.45) is -1.17. The lowest BCUT2D eigenvalue weighted by atomic mass is 10.0. The lowest BCUT2D eigenvalue weighted by molar-refractivity contribution is -0.798. The van der Waals surface area contributed by atoms with Gasteiger partial charge in [-0.1, -0.05) is 6.92 Å². The smallest absolute Gasteiger partial charge is 0.389 e. The number of hydrogen-bond acceptors (Lipinski definition) is 6. The molecule has 0 atom stereocenters. The molecule has 0 spiro atoms. The lowest BCUT2D eigenvalue weighted by Crippen LogP contribution is -2.46. The van der Waals surface area contributed by atoms with Crippen molar-refractivity contribution < 1.29 is 19.7 Å². The summed E-state index contributed by atoms with van der Waals surface area (Å²) < 4.78 is 0. The first-order valence-corrected chi connectivity index (χ1v) is 4.32. The largest absolute Gasteiger partial charge is 0.458 e. The molecule has 0 unspecified atom stereocenters. The summed E-state index contributed by atoms with van der Waals surface area (Å²) in [6, 6.07) is 0. The molecule has 0 bridgehead atoms. The summed E-state index contributed by atoms with van der Waals surface area (Å²) in [6.45, 7) is 0.560. The number of aliphatic hydroxyl groups is 1. The fourth-order valence-corrected chi connectivity index (χ4v) is 1.10. The number of aliphatic hydroxyl groups excluding tert-OH is 1. The molecule has 0 aromatic heterocycles. The van der Waals surface area contributed by atoms with Gasteiger partial charge in [-0.25, -0.2) is 0 Å². The molecule has 0 radical (unpaired) electrons. The Kier molecular flexibility index (Phi) is 4.79. The van der Waals surface area contributed by atoms with E-state index >= 15 is 0 Å². The van der Waals surface area contributed by atoms with Crippen LogP contribution >= 0.6 is 0 Å². The predicted molar refractivity (Wildman–Crippen MR) is 48.3 cm³/mol. The second-order valence-corrected chi connectivity index (χ2v) is 3.05. The summed E-state index contributed by atoms with van der Waals surface area (Å²) in [4.78, 5) is 29.9. The third kappa shape index (κ3) is 2.94. The van der Waals surface area contributed by atoms with Crippen LogP contribution in [0, 0.1) is 20.2 Å². The number of carbonyl (C=O) groups excluding carboxylic acids is 1. The quantitative estimate of drug-likeness (QED) is 0.365. The molecule has 0 saturated carbocycles. The Bertz CT molecular complexity index is 263. The summed E-state index contributed by atoms with van der Waals surface area (Å²) in [5.41, 5.74) is -2.31. The van der Waals surface area contributed by atoms with Gasteiger partial charge in [0.2, 0.25) is 0 Å². The molecule has 0 heterocycles. The number of ketones is 1. The minimum Gasteiger partial charge on any atom is -0.389 e. The van der Waals surface area contributed by atoms with E-state index < -0.39 is 34.3 Å². The molecule has 86 valence electrons. The van der Waals surface area contributed by atoms with Crippen LogP contribution in [0.4, 0.5) is 0 Å². The molecule has 0 aliphatic carbocycles. The van der Waals surface area contributed by atoms with Crippen molar-refractivity contribution in [2.24, 2.45) is 0 Å². The number of rotatable bonds is 7. The van der Waals surface area contributed by atoms with Crippen LogP contribution in [0.25, 0.3) is 0 Å². The molecule has 8 nitrogen and oxygen atoms in total. The van der Waals surface area contributed by atoms with Crippen LogP contribution in [0.5, 0.6) is 0 Å². The van der Waals surface area contributed by atoms with Crippen LogP contribution in [-0.4, -0.2) is 33.0 Å². The molecule has 0 saturated heterocycles. The lowest BCUT2D eigenvalue weighted by Gasteiger charge is -2.14. The molecule has 15 heavy (non-hydrogen) atoms. The van der Waals surface area contributed by atoms with Gasteiger partial charge in [0, 0.05) is 6.42 Å². The third-order valence-electron chi connectivity index (χ3n) is 2.23. The standard InChI is InChI=1S/C7H12N2O6/c1-2-7(8(12)13,9(14)15)4-3-6(11)5-10/h10H,2-5H2,1H3. The van der Waals surface area contributed by atoms with Gasteiger partial charge in [0.15, 0.2) is 5.78 Å². The van der Waals surface area contributed by atoms with Crippen LogP contribution in [0.3, 0.4) is 0 Å².